The Bertz CT molecular complexity index is 610. The van der Waals surface area contributed by atoms with Crippen LogP contribution in [0.3, 0.4) is 0 Å². The van der Waals surface area contributed by atoms with Gasteiger partial charge in [0.05, 0.1) is 4.90 Å². The van der Waals surface area contributed by atoms with Crippen LogP contribution < -0.4 is 4.74 Å². The van der Waals surface area contributed by atoms with Crippen molar-refractivity contribution in [1.82, 2.24) is 4.31 Å². The number of ether oxygens (including phenoxy) is 1. The molecule has 1 aromatic rings. The van der Waals surface area contributed by atoms with E-state index in [4.69, 9.17) is 5.11 Å². The van der Waals surface area contributed by atoms with Crippen molar-refractivity contribution >= 4 is 10.0 Å². The summed E-state index contributed by atoms with van der Waals surface area (Å²) in [5.41, 5.74) is 0. The van der Waals surface area contributed by atoms with Crippen LogP contribution in [0.25, 0.3) is 0 Å². The summed E-state index contributed by atoms with van der Waals surface area (Å²) in [4.78, 5) is -0.239. The van der Waals surface area contributed by atoms with E-state index in [-0.39, 0.29) is 30.5 Å². The van der Waals surface area contributed by atoms with Crippen LogP contribution >= 0.6 is 0 Å². The fraction of sp³-hybridized carbons (Fsp3) is 0.538. The molecule has 0 bridgehead atoms. The Balaban J connectivity index is 2.18. The maximum atomic E-state index is 12.4. The standard InChI is InChI=1S/C13H16F3NO4S/c14-13(15,16)21-11-2-1-3-12(8-11)22(19,20)17-6-4-10(9-18)5-7-17/h1-3,8,10,18H,4-7,9H2. The molecule has 1 heterocycles. The van der Waals surface area contributed by atoms with Crippen molar-refractivity contribution in [1.29, 1.82) is 0 Å². The van der Waals surface area contributed by atoms with Crippen molar-refractivity contribution < 1.29 is 31.4 Å². The molecular weight excluding hydrogens is 323 g/mol. The predicted octanol–water partition coefficient (Wildman–Crippen LogP) is 1.98. The number of hydrogen-bond donors (Lipinski definition) is 1. The smallest absolute Gasteiger partial charge is 0.406 e. The lowest BCUT2D eigenvalue weighted by atomic mass is 10.00. The van der Waals surface area contributed by atoms with Gasteiger partial charge in [0.25, 0.3) is 0 Å². The number of benzene rings is 1. The van der Waals surface area contributed by atoms with E-state index in [1.807, 2.05) is 0 Å². The third kappa shape index (κ3) is 4.11. The molecule has 0 saturated carbocycles. The zero-order chi connectivity index (χ0) is 16.4. The molecule has 124 valence electrons. The lowest BCUT2D eigenvalue weighted by Crippen LogP contribution is -2.39. The largest absolute Gasteiger partial charge is 0.573 e. The molecule has 2 rings (SSSR count). The van der Waals surface area contributed by atoms with E-state index in [1.54, 1.807) is 0 Å². The summed E-state index contributed by atoms with van der Waals surface area (Å²) in [5, 5.41) is 9.05. The summed E-state index contributed by atoms with van der Waals surface area (Å²) >= 11 is 0. The minimum absolute atomic E-state index is 0.00277. The lowest BCUT2D eigenvalue weighted by Gasteiger charge is -2.30. The average molecular weight is 339 g/mol. The molecule has 1 aromatic carbocycles. The van der Waals surface area contributed by atoms with Gasteiger partial charge in [0.15, 0.2) is 0 Å². The van der Waals surface area contributed by atoms with Crippen molar-refractivity contribution in [3.05, 3.63) is 24.3 Å². The van der Waals surface area contributed by atoms with E-state index in [0.29, 0.717) is 12.8 Å². The Morgan fingerprint density at radius 2 is 1.91 bits per heavy atom. The molecule has 1 aliphatic heterocycles. The van der Waals surface area contributed by atoms with E-state index < -0.39 is 22.1 Å². The molecule has 0 atom stereocenters. The van der Waals surface area contributed by atoms with Crippen LogP contribution in [0.2, 0.25) is 0 Å². The minimum atomic E-state index is -4.87. The molecule has 0 amide bonds. The van der Waals surface area contributed by atoms with Gasteiger partial charge >= 0.3 is 6.36 Å². The van der Waals surface area contributed by atoms with Gasteiger partial charge in [0.2, 0.25) is 10.0 Å². The number of aliphatic hydroxyl groups is 1. The van der Waals surface area contributed by atoms with Crippen LogP contribution in [-0.4, -0.2) is 43.9 Å². The Kier molecular flexibility index (Phi) is 4.98. The van der Waals surface area contributed by atoms with E-state index in [1.165, 1.54) is 16.4 Å². The number of halogens is 3. The summed E-state index contributed by atoms with van der Waals surface area (Å²) in [6, 6.07) is 4.34. The van der Waals surface area contributed by atoms with Crippen molar-refractivity contribution in [2.75, 3.05) is 19.7 Å². The van der Waals surface area contributed by atoms with Crippen molar-refractivity contribution in [3.63, 3.8) is 0 Å². The molecule has 5 nitrogen and oxygen atoms in total. The maximum Gasteiger partial charge on any atom is 0.573 e. The van der Waals surface area contributed by atoms with Crippen LogP contribution in [0.15, 0.2) is 29.2 Å². The van der Waals surface area contributed by atoms with Crippen molar-refractivity contribution in [2.45, 2.75) is 24.1 Å². The van der Waals surface area contributed by atoms with Crippen LogP contribution in [0.5, 0.6) is 5.75 Å². The number of nitrogens with zero attached hydrogens (tertiary/aromatic N) is 1. The van der Waals surface area contributed by atoms with E-state index in [9.17, 15) is 21.6 Å². The van der Waals surface area contributed by atoms with Gasteiger partial charge in [-0.05, 0) is 30.9 Å². The quantitative estimate of drug-likeness (QED) is 0.911. The van der Waals surface area contributed by atoms with E-state index in [0.717, 1.165) is 12.1 Å². The highest BCUT2D eigenvalue weighted by Gasteiger charge is 2.33. The van der Waals surface area contributed by atoms with Crippen LogP contribution in [0.4, 0.5) is 13.2 Å². The first-order valence-electron chi connectivity index (χ1n) is 6.69. The third-order valence-electron chi connectivity index (χ3n) is 3.51. The average Bonchev–Trinajstić information content (AvgIpc) is 2.46. The molecule has 0 spiro atoms. The molecular formula is C13H16F3NO4S. The van der Waals surface area contributed by atoms with Gasteiger partial charge in [0, 0.05) is 25.8 Å². The van der Waals surface area contributed by atoms with Crippen LogP contribution in [0, 0.1) is 5.92 Å². The molecule has 1 N–H and O–H groups in total. The zero-order valence-corrected chi connectivity index (χ0v) is 12.4. The first-order chi connectivity index (χ1) is 10.2. The number of aliphatic hydroxyl groups excluding tert-OH is 1. The van der Waals surface area contributed by atoms with Crippen molar-refractivity contribution in [3.8, 4) is 5.75 Å². The van der Waals surface area contributed by atoms with Crippen LogP contribution in [-0.2, 0) is 10.0 Å². The highest BCUT2D eigenvalue weighted by atomic mass is 32.2. The van der Waals surface area contributed by atoms with Gasteiger partial charge in [0.1, 0.15) is 5.75 Å². The number of sulfonamides is 1. The summed E-state index contributed by atoms with van der Waals surface area (Å²) < 4.78 is 66.4. The SMILES string of the molecule is O=S(=O)(c1cccc(OC(F)(F)F)c1)N1CCC(CO)CC1. The number of hydrogen-bond acceptors (Lipinski definition) is 4. The first-order valence-corrected chi connectivity index (χ1v) is 8.13. The number of rotatable bonds is 4. The highest BCUT2D eigenvalue weighted by Crippen LogP contribution is 2.28. The third-order valence-corrected chi connectivity index (χ3v) is 5.40. The van der Waals surface area contributed by atoms with Crippen molar-refractivity contribution in [2.24, 2.45) is 5.92 Å². The molecule has 9 heteroatoms. The molecule has 1 saturated heterocycles. The molecule has 0 aliphatic carbocycles. The Hall–Kier alpha value is -1.32. The monoisotopic (exact) mass is 339 g/mol. The second-order valence-electron chi connectivity index (χ2n) is 5.05. The fourth-order valence-corrected chi connectivity index (χ4v) is 3.82. The summed E-state index contributed by atoms with van der Waals surface area (Å²) in [5.74, 6) is -0.509. The van der Waals surface area contributed by atoms with Gasteiger partial charge in [-0.3, -0.25) is 0 Å². The Labute approximate surface area is 126 Å². The highest BCUT2D eigenvalue weighted by molar-refractivity contribution is 7.89. The Morgan fingerprint density at radius 1 is 1.27 bits per heavy atom. The molecule has 22 heavy (non-hydrogen) atoms. The number of alkyl halides is 3. The molecule has 1 fully saturated rings. The lowest BCUT2D eigenvalue weighted by molar-refractivity contribution is -0.274. The van der Waals surface area contributed by atoms with Gasteiger partial charge in [-0.1, -0.05) is 6.07 Å². The zero-order valence-electron chi connectivity index (χ0n) is 11.6. The van der Waals surface area contributed by atoms with E-state index >= 15 is 0 Å². The summed E-state index contributed by atoms with van der Waals surface area (Å²) in [6.07, 6.45) is -3.83. The second kappa shape index (κ2) is 6.43. The number of piperidine rings is 1. The van der Waals surface area contributed by atoms with Gasteiger partial charge < -0.3 is 9.84 Å². The van der Waals surface area contributed by atoms with Gasteiger partial charge in [-0.15, -0.1) is 13.2 Å². The van der Waals surface area contributed by atoms with E-state index in [2.05, 4.69) is 4.74 Å². The summed E-state index contributed by atoms with van der Waals surface area (Å²) in [6.45, 7) is 0.471. The maximum absolute atomic E-state index is 12.4. The normalized spacial score (nSPS) is 18.4. The minimum Gasteiger partial charge on any atom is -0.406 e. The Morgan fingerprint density at radius 3 is 2.45 bits per heavy atom. The molecule has 0 radical (unpaired) electrons. The summed E-state index contributed by atoms with van der Waals surface area (Å²) in [7, 11) is -3.87. The predicted molar refractivity (Wildman–Crippen MR) is 71.7 cm³/mol. The van der Waals surface area contributed by atoms with Crippen LogP contribution in [0.1, 0.15) is 12.8 Å². The van der Waals surface area contributed by atoms with Gasteiger partial charge in [-0.25, -0.2) is 8.42 Å². The first kappa shape index (κ1) is 17.0. The second-order valence-corrected chi connectivity index (χ2v) is 6.99. The molecule has 0 aromatic heterocycles. The fourth-order valence-electron chi connectivity index (χ4n) is 2.31. The molecule has 1 aliphatic rings. The topological polar surface area (TPSA) is 66.8 Å². The van der Waals surface area contributed by atoms with Gasteiger partial charge in [-0.2, -0.15) is 4.31 Å². The molecule has 0 unspecified atom stereocenters.